The molecule has 1 aliphatic rings. The lowest BCUT2D eigenvalue weighted by atomic mass is 10.1. The Morgan fingerprint density at radius 1 is 1.30 bits per heavy atom. The second-order valence-corrected chi connectivity index (χ2v) is 7.95. The van der Waals surface area contributed by atoms with Crippen molar-refractivity contribution in [2.24, 2.45) is 5.73 Å². The van der Waals surface area contributed by atoms with Gasteiger partial charge in [0, 0.05) is 19.7 Å². The highest BCUT2D eigenvalue weighted by Crippen LogP contribution is 2.24. The molecule has 27 heavy (non-hydrogen) atoms. The lowest BCUT2D eigenvalue weighted by Crippen LogP contribution is -2.41. The first-order chi connectivity index (χ1) is 12.4. The lowest BCUT2D eigenvalue weighted by molar-refractivity contribution is 0.0209. The second kappa shape index (κ2) is 10.9. The highest BCUT2D eigenvalue weighted by molar-refractivity contribution is 7.89. The average molecular weight is 425 g/mol. The first-order valence-corrected chi connectivity index (χ1v) is 10.1. The fourth-order valence-corrected chi connectivity index (χ4v) is 4.29. The lowest BCUT2D eigenvalue weighted by Gasteiger charge is -2.31. The third kappa shape index (κ3) is 6.39. The molecule has 2 rings (SSSR count). The van der Waals surface area contributed by atoms with Crippen LogP contribution < -0.4 is 5.73 Å². The monoisotopic (exact) mass is 424 g/mol. The Balaban J connectivity index is 0.00000364. The van der Waals surface area contributed by atoms with E-state index in [1.54, 1.807) is 6.92 Å². The summed E-state index contributed by atoms with van der Waals surface area (Å²) in [6.45, 7) is 3.40. The number of carbonyl (C=O) groups is 1. The third-order valence-electron chi connectivity index (χ3n) is 4.12. The summed E-state index contributed by atoms with van der Waals surface area (Å²) in [5.74, 6) is -1.55. The number of hydrogen-bond acceptors (Lipinski definition) is 6. The van der Waals surface area contributed by atoms with Gasteiger partial charge in [-0.1, -0.05) is 0 Å². The maximum atomic E-state index is 13.8. The third-order valence-corrected chi connectivity index (χ3v) is 6.00. The fourth-order valence-electron chi connectivity index (χ4n) is 2.77. The molecule has 1 aliphatic heterocycles. The van der Waals surface area contributed by atoms with Crippen molar-refractivity contribution in [1.29, 1.82) is 0 Å². The fraction of sp³-hybridized carbons (Fsp3) is 0.588. The number of rotatable bonds is 8. The number of esters is 1. The van der Waals surface area contributed by atoms with Gasteiger partial charge in [-0.2, -0.15) is 4.31 Å². The Hall–Kier alpha value is -1.26. The maximum absolute atomic E-state index is 13.8. The highest BCUT2D eigenvalue weighted by Gasteiger charge is 2.30. The van der Waals surface area contributed by atoms with Gasteiger partial charge in [0.1, 0.15) is 5.82 Å². The van der Waals surface area contributed by atoms with E-state index in [9.17, 15) is 17.6 Å². The maximum Gasteiger partial charge on any atom is 0.338 e. The molecule has 7 nitrogen and oxygen atoms in total. The standard InChI is InChI=1S/C17H25FN2O5S.ClH/c1-2-24-17(21)13-10-14(18)12-16(11-13)26(22,23)20-7-4-15(5-8-20)25-9-3-6-19;/h10-12,15H,2-9,19H2,1H3;1H. The largest absolute Gasteiger partial charge is 0.462 e. The van der Waals surface area contributed by atoms with Crippen molar-refractivity contribution < 1.29 is 27.1 Å². The molecule has 0 aromatic heterocycles. The van der Waals surface area contributed by atoms with E-state index in [0.29, 0.717) is 26.0 Å². The van der Waals surface area contributed by atoms with Crippen molar-refractivity contribution in [3.05, 3.63) is 29.6 Å². The minimum atomic E-state index is -3.89. The molecule has 0 aliphatic carbocycles. The number of piperidine rings is 1. The van der Waals surface area contributed by atoms with Gasteiger partial charge in [-0.15, -0.1) is 12.4 Å². The first-order valence-electron chi connectivity index (χ1n) is 8.68. The molecular weight excluding hydrogens is 399 g/mol. The zero-order valence-corrected chi connectivity index (χ0v) is 16.9. The van der Waals surface area contributed by atoms with E-state index in [1.807, 2.05) is 0 Å². The first kappa shape index (κ1) is 23.8. The Kier molecular flexibility index (Phi) is 9.61. The smallest absolute Gasteiger partial charge is 0.338 e. The average Bonchev–Trinajstić information content (AvgIpc) is 2.62. The van der Waals surface area contributed by atoms with E-state index < -0.39 is 21.8 Å². The SMILES string of the molecule is CCOC(=O)c1cc(F)cc(S(=O)(=O)N2CCC(OCCCN)CC2)c1.Cl. The summed E-state index contributed by atoms with van der Waals surface area (Å²) in [4.78, 5) is 11.6. The summed E-state index contributed by atoms with van der Waals surface area (Å²) >= 11 is 0. The number of ether oxygens (including phenoxy) is 2. The van der Waals surface area contributed by atoms with E-state index >= 15 is 0 Å². The van der Waals surface area contributed by atoms with Gasteiger partial charge < -0.3 is 15.2 Å². The van der Waals surface area contributed by atoms with Crippen LogP contribution in [0.2, 0.25) is 0 Å². The number of benzene rings is 1. The molecule has 0 unspecified atom stereocenters. The quantitative estimate of drug-likeness (QED) is 0.505. The number of nitrogens with zero attached hydrogens (tertiary/aromatic N) is 1. The Bertz CT molecular complexity index is 724. The van der Waals surface area contributed by atoms with Crippen LogP contribution in [-0.4, -0.2) is 57.6 Å². The van der Waals surface area contributed by atoms with Crippen molar-refractivity contribution in [2.75, 3.05) is 32.8 Å². The number of carbonyl (C=O) groups excluding carboxylic acids is 1. The van der Waals surface area contributed by atoms with Gasteiger partial charge in [0.15, 0.2) is 0 Å². The Morgan fingerprint density at radius 2 is 1.96 bits per heavy atom. The number of halogens is 2. The van der Waals surface area contributed by atoms with Gasteiger partial charge in [0.05, 0.1) is 23.2 Å². The summed E-state index contributed by atoms with van der Waals surface area (Å²) in [5, 5.41) is 0. The predicted molar refractivity (Wildman–Crippen MR) is 101 cm³/mol. The number of hydrogen-bond donors (Lipinski definition) is 1. The molecule has 0 atom stereocenters. The zero-order chi connectivity index (χ0) is 19.2. The molecule has 1 heterocycles. The molecule has 0 radical (unpaired) electrons. The van der Waals surface area contributed by atoms with Gasteiger partial charge in [-0.25, -0.2) is 17.6 Å². The summed E-state index contributed by atoms with van der Waals surface area (Å²) < 4.78 is 51.2. The molecule has 1 aromatic carbocycles. The molecule has 1 aromatic rings. The molecular formula is C17H26ClFN2O5S. The zero-order valence-electron chi connectivity index (χ0n) is 15.2. The topological polar surface area (TPSA) is 98.9 Å². The van der Waals surface area contributed by atoms with Gasteiger partial charge in [0.25, 0.3) is 0 Å². The van der Waals surface area contributed by atoms with Crippen molar-refractivity contribution in [3.8, 4) is 0 Å². The molecule has 2 N–H and O–H groups in total. The van der Waals surface area contributed by atoms with Crippen LogP contribution in [0.4, 0.5) is 4.39 Å². The van der Waals surface area contributed by atoms with Crippen molar-refractivity contribution >= 4 is 28.4 Å². The van der Waals surface area contributed by atoms with E-state index in [2.05, 4.69) is 0 Å². The number of nitrogens with two attached hydrogens (primary N) is 1. The highest BCUT2D eigenvalue weighted by atomic mass is 35.5. The normalized spacial score (nSPS) is 16.0. The van der Waals surface area contributed by atoms with Crippen LogP contribution in [-0.2, 0) is 19.5 Å². The van der Waals surface area contributed by atoms with E-state index in [4.69, 9.17) is 15.2 Å². The van der Waals surface area contributed by atoms with E-state index in [0.717, 1.165) is 24.6 Å². The van der Waals surface area contributed by atoms with Gasteiger partial charge in [-0.3, -0.25) is 0 Å². The van der Waals surface area contributed by atoms with Crippen LogP contribution in [0, 0.1) is 5.82 Å². The molecule has 154 valence electrons. The van der Waals surface area contributed by atoms with E-state index in [-0.39, 0.29) is 48.7 Å². The molecule has 0 amide bonds. The molecule has 10 heteroatoms. The Labute approximate surface area is 165 Å². The molecule has 0 bridgehead atoms. The summed E-state index contributed by atoms with van der Waals surface area (Å²) in [5.41, 5.74) is 5.30. The minimum Gasteiger partial charge on any atom is -0.462 e. The van der Waals surface area contributed by atoms with E-state index in [1.165, 1.54) is 4.31 Å². The number of sulfonamides is 1. The molecule has 1 fully saturated rings. The minimum absolute atomic E-state index is 0. The van der Waals surface area contributed by atoms with Crippen LogP contribution in [0.3, 0.4) is 0 Å². The van der Waals surface area contributed by atoms with Crippen LogP contribution in [0.1, 0.15) is 36.5 Å². The predicted octanol–water partition coefficient (Wildman–Crippen LogP) is 1.94. The van der Waals surface area contributed by atoms with Gasteiger partial charge in [0.2, 0.25) is 10.0 Å². The van der Waals surface area contributed by atoms with Crippen molar-refractivity contribution in [3.63, 3.8) is 0 Å². The summed E-state index contributed by atoms with van der Waals surface area (Å²) in [7, 11) is -3.89. The van der Waals surface area contributed by atoms with Crippen LogP contribution in [0.25, 0.3) is 0 Å². The van der Waals surface area contributed by atoms with Crippen molar-refractivity contribution in [2.45, 2.75) is 37.2 Å². The van der Waals surface area contributed by atoms with Crippen molar-refractivity contribution in [1.82, 2.24) is 4.31 Å². The second-order valence-electron chi connectivity index (χ2n) is 6.01. The van der Waals surface area contributed by atoms with Crippen LogP contribution in [0.5, 0.6) is 0 Å². The molecule has 1 saturated heterocycles. The summed E-state index contributed by atoms with van der Waals surface area (Å²) in [6.07, 6.45) is 1.88. The Morgan fingerprint density at radius 3 is 2.56 bits per heavy atom. The molecule has 0 spiro atoms. The van der Waals surface area contributed by atoms with Crippen LogP contribution in [0.15, 0.2) is 23.1 Å². The molecule has 0 saturated carbocycles. The van der Waals surface area contributed by atoms with Crippen LogP contribution >= 0.6 is 12.4 Å². The summed E-state index contributed by atoms with van der Waals surface area (Å²) in [6, 6.07) is 3.04. The van der Waals surface area contributed by atoms with Gasteiger partial charge in [-0.05, 0) is 50.9 Å². The van der Waals surface area contributed by atoms with Gasteiger partial charge >= 0.3 is 5.97 Å².